The Morgan fingerprint density at radius 1 is 1.00 bits per heavy atom. The summed E-state index contributed by atoms with van der Waals surface area (Å²) in [5, 5.41) is -1.72. The summed E-state index contributed by atoms with van der Waals surface area (Å²) >= 11 is 0.323. The molecule has 0 saturated carbocycles. The summed E-state index contributed by atoms with van der Waals surface area (Å²) < 4.78 is 38.5. The molecule has 4 heteroatoms. The minimum Gasteiger partial charge on any atom is -0.206 e. The number of benzene rings is 1. The van der Waals surface area contributed by atoms with Crippen LogP contribution in [0.25, 0.3) is 10.8 Å². The Morgan fingerprint density at radius 2 is 1.75 bits per heavy atom. The molecule has 1 aromatic carbocycles. The second-order valence-electron chi connectivity index (χ2n) is 2.31. The third kappa shape index (κ3) is 0.914. The van der Waals surface area contributed by atoms with Gasteiger partial charge < -0.3 is 0 Å². The van der Waals surface area contributed by atoms with E-state index < -0.39 is 16.1 Å². The maximum Gasteiger partial charge on any atom is 0.189 e. The van der Waals surface area contributed by atoms with E-state index in [1.165, 1.54) is 12.1 Å². The number of fused-ring (bicyclic) bond motifs is 1. The number of halogens is 3. The molecule has 0 radical (unpaired) electrons. The lowest BCUT2D eigenvalue weighted by atomic mass is 10.2. The van der Waals surface area contributed by atoms with Crippen LogP contribution in [-0.4, -0.2) is 0 Å². The van der Waals surface area contributed by atoms with Crippen molar-refractivity contribution >= 4 is 22.1 Å². The van der Waals surface area contributed by atoms with Gasteiger partial charge in [-0.15, -0.1) is 0 Å². The van der Waals surface area contributed by atoms with E-state index in [4.69, 9.17) is 0 Å². The average molecular weight is 188 g/mol. The summed E-state index contributed by atoms with van der Waals surface area (Å²) in [5.74, 6) is -0.717. The van der Waals surface area contributed by atoms with E-state index in [1.54, 1.807) is 0 Å². The summed E-state index contributed by atoms with van der Waals surface area (Å²) in [7, 11) is 0. The fourth-order valence-electron chi connectivity index (χ4n) is 1.07. The van der Waals surface area contributed by atoms with Gasteiger partial charge in [0.2, 0.25) is 0 Å². The number of thiophene rings is 1. The van der Waals surface area contributed by atoms with Gasteiger partial charge in [0.15, 0.2) is 10.3 Å². The van der Waals surface area contributed by atoms with Crippen LogP contribution in [0.5, 0.6) is 0 Å². The summed E-state index contributed by atoms with van der Waals surface area (Å²) in [6.07, 6.45) is 0. The van der Waals surface area contributed by atoms with E-state index in [0.29, 0.717) is 11.3 Å². The molecule has 1 aromatic heterocycles. The Hall–Kier alpha value is -1.03. The number of rotatable bonds is 0. The molecule has 62 valence electrons. The van der Waals surface area contributed by atoms with Gasteiger partial charge in [-0.25, -0.2) is 4.39 Å². The van der Waals surface area contributed by atoms with Crippen LogP contribution in [0, 0.1) is 16.1 Å². The molecule has 0 aliphatic carbocycles. The molecule has 0 aliphatic heterocycles. The van der Waals surface area contributed by atoms with Crippen LogP contribution in [0.4, 0.5) is 13.2 Å². The van der Waals surface area contributed by atoms with Gasteiger partial charge in [-0.05, 0) is 6.07 Å². The molecule has 0 amide bonds. The van der Waals surface area contributed by atoms with E-state index in [0.717, 1.165) is 6.07 Å². The highest BCUT2D eigenvalue weighted by Gasteiger charge is 2.13. The highest BCUT2D eigenvalue weighted by Crippen LogP contribution is 2.29. The maximum absolute atomic E-state index is 12.9. The quantitative estimate of drug-likeness (QED) is 0.595. The standard InChI is InChI=1S/C8H3F3S/c9-5-3-1-2-4-6(5)8(11)12-7(4)10/h1-3H. The third-order valence-electron chi connectivity index (χ3n) is 1.60. The van der Waals surface area contributed by atoms with Crippen molar-refractivity contribution in [3.05, 3.63) is 34.3 Å². The molecule has 0 unspecified atom stereocenters. The van der Waals surface area contributed by atoms with Crippen LogP contribution >= 0.6 is 11.3 Å². The zero-order chi connectivity index (χ0) is 8.72. The molecule has 0 nitrogen and oxygen atoms in total. The first-order valence-electron chi connectivity index (χ1n) is 3.22. The molecule has 0 fully saturated rings. The fourth-order valence-corrected chi connectivity index (χ4v) is 1.82. The lowest BCUT2D eigenvalue weighted by Gasteiger charge is -1.90. The van der Waals surface area contributed by atoms with Crippen LogP contribution in [0.1, 0.15) is 0 Å². The summed E-state index contributed by atoms with van der Waals surface area (Å²) in [6, 6.07) is 3.82. The van der Waals surface area contributed by atoms with Crippen molar-refractivity contribution in [3.8, 4) is 0 Å². The maximum atomic E-state index is 12.9. The summed E-state index contributed by atoms with van der Waals surface area (Å²) in [5.41, 5.74) is 0. The monoisotopic (exact) mass is 188 g/mol. The highest BCUT2D eigenvalue weighted by molar-refractivity contribution is 7.10. The second-order valence-corrected chi connectivity index (χ2v) is 3.23. The van der Waals surface area contributed by atoms with Gasteiger partial charge >= 0.3 is 0 Å². The Labute approximate surface area is 70.3 Å². The molecule has 1 heterocycles. The Bertz CT molecular complexity index is 433. The molecule has 0 bridgehead atoms. The van der Waals surface area contributed by atoms with Crippen LogP contribution in [0.15, 0.2) is 18.2 Å². The van der Waals surface area contributed by atoms with Gasteiger partial charge in [-0.1, -0.05) is 23.5 Å². The topological polar surface area (TPSA) is 0 Å². The molecule has 2 aromatic rings. The van der Waals surface area contributed by atoms with Crippen molar-refractivity contribution in [1.82, 2.24) is 0 Å². The fraction of sp³-hybridized carbons (Fsp3) is 0. The smallest absolute Gasteiger partial charge is 0.189 e. The third-order valence-corrected chi connectivity index (χ3v) is 2.38. The van der Waals surface area contributed by atoms with E-state index in [1.807, 2.05) is 0 Å². The molecule has 0 atom stereocenters. The largest absolute Gasteiger partial charge is 0.206 e. The van der Waals surface area contributed by atoms with E-state index >= 15 is 0 Å². The van der Waals surface area contributed by atoms with Crippen molar-refractivity contribution in [1.29, 1.82) is 0 Å². The van der Waals surface area contributed by atoms with Crippen LogP contribution in [0.3, 0.4) is 0 Å². The van der Waals surface area contributed by atoms with Gasteiger partial charge in [-0.2, -0.15) is 8.78 Å². The molecule has 0 N–H and O–H groups in total. The summed E-state index contributed by atoms with van der Waals surface area (Å²) in [4.78, 5) is 0. The van der Waals surface area contributed by atoms with Gasteiger partial charge in [0.1, 0.15) is 5.82 Å². The Kier molecular flexibility index (Phi) is 1.58. The molecule has 0 spiro atoms. The molecule has 0 saturated heterocycles. The predicted octanol–water partition coefficient (Wildman–Crippen LogP) is 3.32. The molecule has 0 aliphatic rings. The van der Waals surface area contributed by atoms with E-state index in [9.17, 15) is 13.2 Å². The zero-order valence-electron chi connectivity index (χ0n) is 5.77. The van der Waals surface area contributed by atoms with Crippen molar-refractivity contribution in [2.75, 3.05) is 0 Å². The van der Waals surface area contributed by atoms with Crippen molar-refractivity contribution in [3.63, 3.8) is 0 Å². The summed E-state index contributed by atoms with van der Waals surface area (Å²) in [6.45, 7) is 0. The van der Waals surface area contributed by atoms with Gasteiger partial charge in [-0.3, -0.25) is 0 Å². The highest BCUT2D eigenvalue weighted by atomic mass is 32.1. The minimum atomic E-state index is -0.805. The van der Waals surface area contributed by atoms with Crippen LogP contribution in [0.2, 0.25) is 0 Å². The molecular weight excluding hydrogens is 185 g/mol. The first-order chi connectivity index (χ1) is 5.70. The molecular formula is C8H3F3S. The van der Waals surface area contributed by atoms with E-state index in [2.05, 4.69) is 0 Å². The van der Waals surface area contributed by atoms with Crippen molar-refractivity contribution < 1.29 is 13.2 Å². The van der Waals surface area contributed by atoms with Gasteiger partial charge in [0, 0.05) is 5.39 Å². The number of hydrogen-bond donors (Lipinski definition) is 0. The lowest BCUT2D eigenvalue weighted by Crippen LogP contribution is -1.76. The molecule has 2 rings (SSSR count). The van der Waals surface area contributed by atoms with Gasteiger partial charge in [0.05, 0.1) is 5.39 Å². The first kappa shape index (κ1) is 7.61. The van der Waals surface area contributed by atoms with Gasteiger partial charge in [0.25, 0.3) is 0 Å². The van der Waals surface area contributed by atoms with Crippen molar-refractivity contribution in [2.24, 2.45) is 0 Å². The Morgan fingerprint density at radius 3 is 2.42 bits per heavy atom. The SMILES string of the molecule is Fc1sc(F)c2c(F)cccc12. The Balaban J connectivity index is 2.99. The number of hydrogen-bond acceptors (Lipinski definition) is 1. The predicted molar refractivity (Wildman–Crippen MR) is 41.7 cm³/mol. The second kappa shape index (κ2) is 2.48. The normalized spacial score (nSPS) is 10.9. The molecule has 12 heavy (non-hydrogen) atoms. The van der Waals surface area contributed by atoms with Crippen LogP contribution < -0.4 is 0 Å². The van der Waals surface area contributed by atoms with Crippen LogP contribution in [-0.2, 0) is 0 Å². The minimum absolute atomic E-state index is 0.0116. The first-order valence-corrected chi connectivity index (χ1v) is 4.04. The zero-order valence-corrected chi connectivity index (χ0v) is 6.59. The average Bonchev–Trinajstić information content (AvgIpc) is 2.29. The van der Waals surface area contributed by atoms with Crippen molar-refractivity contribution in [2.45, 2.75) is 0 Å². The lowest BCUT2D eigenvalue weighted by molar-refractivity contribution is 0.621. The van der Waals surface area contributed by atoms with E-state index in [-0.39, 0.29) is 10.8 Å².